The molecule has 8 nitrogen and oxygen atoms in total. The number of likely N-dealkylation sites (tertiary alicyclic amines) is 1. The molecule has 1 saturated heterocycles. The highest BCUT2D eigenvalue weighted by atomic mass is 16.5. The summed E-state index contributed by atoms with van der Waals surface area (Å²) >= 11 is 0. The van der Waals surface area contributed by atoms with Gasteiger partial charge in [0.25, 0.3) is 5.91 Å². The molecular formula is C19H23NO7. The molecule has 2 amide bonds. The lowest BCUT2D eigenvalue weighted by atomic mass is 9.91. The predicted octanol–water partition coefficient (Wildman–Crippen LogP) is 1.94. The van der Waals surface area contributed by atoms with Crippen LogP contribution in [0.2, 0.25) is 0 Å². The average Bonchev–Trinajstić information content (AvgIpc) is 2.91. The van der Waals surface area contributed by atoms with Gasteiger partial charge in [0.2, 0.25) is 11.7 Å². The van der Waals surface area contributed by atoms with Gasteiger partial charge in [-0.1, -0.05) is 13.0 Å². The van der Waals surface area contributed by atoms with Crippen molar-refractivity contribution >= 4 is 17.8 Å². The molecule has 27 heavy (non-hydrogen) atoms. The third-order valence-corrected chi connectivity index (χ3v) is 4.19. The molecule has 1 unspecified atom stereocenters. The number of benzene rings is 1. The van der Waals surface area contributed by atoms with Crippen molar-refractivity contribution in [3.8, 4) is 11.5 Å². The van der Waals surface area contributed by atoms with Crippen LogP contribution < -0.4 is 9.47 Å². The highest BCUT2D eigenvalue weighted by Gasteiger charge is 2.47. The van der Waals surface area contributed by atoms with Crippen LogP contribution in [0.15, 0.2) is 29.5 Å². The van der Waals surface area contributed by atoms with Gasteiger partial charge < -0.3 is 19.3 Å². The van der Waals surface area contributed by atoms with Gasteiger partial charge in [-0.2, -0.15) is 0 Å². The van der Waals surface area contributed by atoms with E-state index in [0.29, 0.717) is 23.5 Å². The summed E-state index contributed by atoms with van der Waals surface area (Å²) < 4.78 is 15.2. The zero-order valence-electron chi connectivity index (χ0n) is 15.8. The summed E-state index contributed by atoms with van der Waals surface area (Å²) in [6, 6.07) is 4.72. The van der Waals surface area contributed by atoms with Crippen LogP contribution in [0.4, 0.5) is 0 Å². The molecule has 1 fully saturated rings. The van der Waals surface area contributed by atoms with Gasteiger partial charge in [0, 0.05) is 6.54 Å². The Morgan fingerprint density at radius 1 is 1.15 bits per heavy atom. The number of aliphatic hydroxyl groups excluding tert-OH is 1. The topological polar surface area (TPSA) is 102 Å². The van der Waals surface area contributed by atoms with E-state index >= 15 is 0 Å². The third-order valence-electron chi connectivity index (χ3n) is 4.19. The van der Waals surface area contributed by atoms with E-state index in [4.69, 9.17) is 14.2 Å². The summed E-state index contributed by atoms with van der Waals surface area (Å²) in [5, 5.41) is 10.3. The molecule has 8 heteroatoms. The number of aliphatic hydroxyl groups is 1. The Morgan fingerprint density at radius 2 is 1.81 bits per heavy atom. The molecule has 0 aliphatic carbocycles. The van der Waals surface area contributed by atoms with Gasteiger partial charge >= 0.3 is 5.97 Å². The second-order valence-electron chi connectivity index (χ2n) is 5.83. The highest BCUT2D eigenvalue weighted by molar-refractivity contribution is 6.19. The van der Waals surface area contributed by atoms with Crippen molar-refractivity contribution in [1.29, 1.82) is 0 Å². The van der Waals surface area contributed by atoms with E-state index in [1.54, 1.807) is 25.1 Å². The Morgan fingerprint density at radius 3 is 2.37 bits per heavy atom. The van der Waals surface area contributed by atoms with Crippen LogP contribution in [0, 0.1) is 0 Å². The largest absolute Gasteiger partial charge is 0.501 e. The minimum atomic E-state index is -1.13. The minimum absolute atomic E-state index is 0.0258. The summed E-state index contributed by atoms with van der Waals surface area (Å²) in [5.74, 6) is -3.44. The van der Waals surface area contributed by atoms with Crippen LogP contribution in [0.25, 0.3) is 0 Å². The van der Waals surface area contributed by atoms with Crippen molar-refractivity contribution in [2.45, 2.75) is 26.2 Å². The monoisotopic (exact) mass is 377 g/mol. The quantitative estimate of drug-likeness (QED) is 0.335. The van der Waals surface area contributed by atoms with Crippen LogP contribution in [0.3, 0.4) is 0 Å². The van der Waals surface area contributed by atoms with Crippen molar-refractivity contribution in [3.63, 3.8) is 0 Å². The van der Waals surface area contributed by atoms with Crippen LogP contribution in [-0.4, -0.2) is 55.2 Å². The Labute approximate surface area is 157 Å². The zero-order chi connectivity index (χ0) is 20.1. The molecule has 1 aromatic carbocycles. The summed E-state index contributed by atoms with van der Waals surface area (Å²) in [6.45, 7) is 3.60. The first-order chi connectivity index (χ1) is 12.9. The van der Waals surface area contributed by atoms with Gasteiger partial charge in [-0.25, -0.2) is 4.79 Å². The number of carbonyl (C=O) groups is 3. The van der Waals surface area contributed by atoms with Crippen molar-refractivity contribution in [3.05, 3.63) is 35.1 Å². The Hall–Kier alpha value is -3.03. The van der Waals surface area contributed by atoms with E-state index in [1.807, 2.05) is 6.92 Å². The summed E-state index contributed by atoms with van der Waals surface area (Å²) in [4.78, 5) is 38.7. The Balaban J connectivity index is 2.62. The van der Waals surface area contributed by atoms with E-state index in [2.05, 4.69) is 0 Å². The standard InChI is InChI=1S/C19H23NO7/c1-5-9-20-17(22)14(11-7-8-12(25-3)13(10-11)26-4)15(18(20)23)16(21)19(24)27-6-2/h7-8,10,14,21H,5-6,9H2,1-4H3/b16-15+. The fraction of sp³-hybridized carbons (Fsp3) is 0.421. The van der Waals surface area contributed by atoms with Gasteiger partial charge in [-0.15, -0.1) is 0 Å². The highest BCUT2D eigenvalue weighted by Crippen LogP contribution is 2.39. The molecule has 0 aromatic heterocycles. The molecule has 0 spiro atoms. The normalized spacial score (nSPS) is 18.5. The van der Waals surface area contributed by atoms with E-state index in [9.17, 15) is 19.5 Å². The number of amides is 2. The molecular weight excluding hydrogens is 354 g/mol. The molecule has 0 saturated carbocycles. The SMILES string of the molecule is CCCN1C(=O)/C(=C(/O)C(=O)OCC)C(c2ccc(OC)c(OC)c2)C1=O. The van der Waals surface area contributed by atoms with Crippen LogP contribution in [0.5, 0.6) is 11.5 Å². The van der Waals surface area contributed by atoms with Gasteiger partial charge in [0.05, 0.1) is 32.3 Å². The van der Waals surface area contributed by atoms with Gasteiger partial charge in [0.15, 0.2) is 11.5 Å². The molecule has 1 aliphatic heterocycles. The molecule has 146 valence electrons. The number of esters is 1. The van der Waals surface area contributed by atoms with Crippen molar-refractivity contribution < 1.29 is 33.7 Å². The second-order valence-corrected chi connectivity index (χ2v) is 5.83. The van der Waals surface area contributed by atoms with Crippen LogP contribution >= 0.6 is 0 Å². The predicted molar refractivity (Wildman–Crippen MR) is 95.6 cm³/mol. The minimum Gasteiger partial charge on any atom is -0.501 e. The number of imide groups is 1. The fourth-order valence-electron chi connectivity index (χ4n) is 2.97. The first-order valence-corrected chi connectivity index (χ1v) is 8.59. The molecule has 1 aliphatic rings. The summed E-state index contributed by atoms with van der Waals surface area (Å²) in [5.41, 5.74) is 0.106. The smallest absolute Gasteiger partial charge is 0.373 e. The van der Waals surface area contributed by atoms with E-state index in [0.717, 1.165) is 4.90 Å². The van der Waals surface area contributed by atoms with E-state index in [1.165, 1.54) is 14.2 Å². The fourth-order valence-corrected chi connectivity index (χ4v) is 2.97. The Bertz CT molecular complexity index is 784. The molecule has 1 aromatic rings. The van der Waals surface area contributed by atoms with Crippen molar-refractivity contribution in [2.75, 3.05) is 27.4 Å². The molecule has 1 heterocycles. The zero-order valence-corrected chi connectivity index (χ0v) is 15.8. The molecule has 2 rings (SSSR count). The maximum absolute atomic E-state index is 12.9. The lowest BCUT2D eigenvalue weighted by Crippen LogP contribution is -2.31. The lowest BCUT2D eigenvalue weighted by molar-refractivity contribution is -0.142. The summed E-state index contributed by atoms with van der Waals surface area (Å²) in [7, 11) is 2.92. The molecule has 1 N–H and O–H groups in total. The second kappa shape index (κ2) is 8.57. The molecule has 1 atom stereocenters. The average molecular weight is 377 g/mol. The number of ether oxygens (including phenoxy) is 3. The first kappa shape index (κ1) is 20.3. The maximum atomic E-state index is 12.9. The molecule has 0 radical (unpaired) electrons. The van der Waals surface area contributed by atoms with Crippen LogP contribution in [-0.2, 0) is 19.1 Å². The van der Waals surface area contributed by atoms with E-state index in [-0.39, 0.29) is 18.7 Å². The van der Waals surface area contributed by atoms with E-state index < -0.39 is 29.5 Å². The van der Waals surface area contributed by atoms with Crippen molar-refractivity contribution in [2.24, 2.45) is 0 Å². The number of hydrogen-bond acceptors (Lipinski definition) is 7. The number of methoxy groups -OCH3 is 2. The molecule has 0 bridgehead atoms. The van der Waals surface area contributed by atoms with Crippen LogP contribution in [0.1, 0.15) is 31.7 Å². The Kier molecular flexibility index (Phi) is 6.44. The van der Waals surface area contributed by atoms with Crippen molar-refractivity contribution in [1.82, 2.24) is 4.90 Å². The lowest BCUT2D eigenvalue weighted by Gasteiger charge is -2.15. The van der Waals surface area contributed by atoms with Gasteiger partial charge in [-0.3, -0.25) is 14.5 Å². The number of nitrogens with zero attached hydrogens (tertiary/aromatic N) is 1. The van der Waals surface area contributed by atoms with Gasteiger partial charge in [-0.05, 0) is 31.0 Å². The number of hydrogen-bond donors (Lipinski definition) is 1. The maximum Gasteiger partial charge on any atom is 0.373 e. The number of carbonyl (C=O) groups excluding carboxylic acids is 3. The van der Waals surface area contributed by atoms with Gasteiger partial charge in [0.1, 0.15) is 0 Å². The number of rotatable bonds is 7. The first-order valence-electron chi connectivity index (χ1n) is 8.59. The summed E-state index contributed by atoms with van der Waals surface area (Å²) in [6.07, 6.45) is 0.545. The third kappa shape index (κ3) is 3.74.